The van der Waals surface area contributed by atoms with E-state index in [1.54, 1.807) is 13.2 Å². The van der Waals surface area contributed by atoms with E-state index >= 15 is 0 Å². The molecule has 1 N–H and O–H groups in total. The summed E-state index contributed by atoms with van der Waals surface area (Å²) < 4.78 is 16.9. The molecule has 0 radical (unpaired) electrons. The maximum absolute atomic E-state index is 12.2. The average molecular weight is 440 g/mol. The van der Waals surface area contributed by atoms with Gasteiger partial charge < -0.3 is 24.4 Å². The number of anilines is 1. The monoisotopic (exact) mass is 439 g/mol. The summed E-state index contributed by atoms with van der Waals surface area (Å²) in [5.41, 5.74) is 1.80. The summed E-state index contributed by atoms with van der Waals surface area (Å²) in [6, 6.07) is 9.57. The Hall–Kier alpha value is -3.06. The number of amides is 1. The first kappa shape index (κ1) is 23.6. The van der Waals surface area contributed by atoms with E-state index in [1.165, 1.54) is 6.08 Å². The van der Waals surface area contributed by atoms with Gasteiger partial charge in [0.2, 0.25) is 5.91 Å². The van der Waals surface area contributed by atoms with Gasteiger partial charge >= 0.3 is 0 Å². The molecule has 1 aliphatic heterocycles. The van der Waals surface area contributed by atoms with Crippen molar-refractivity contribution < 1.29 is 19.0 Å². The number of methoxy groups -OCH3 is 1. The van der Waals surface area contributed by atoms with Crippen molar-refractivity contribution in [2.45, 2.75) is 52.6 Å². The van der Waals surface area contributed by atoms with Crippen molar-refractivity contribution >= 4 is 17.8 Å². The molecule has 1 aromatic heterocycles. The Morgan fingerprint density at radius 3 is 2.59 bits per heavy atom. The Bertz CT molecular complexity index is 917. The van der Waals surface area contributed by atoms with Crippen molar-refractivity contribution in [1.29, 1.82) is 0 Å². The highest BCUT2D eigenvalue weighted by molar-refractivity contribution is 5.91. The smallest absolute Gasteiger partial charge is 0.244 e. The average Bonchev–Trinajstić information content (AvgIpc) is 2.76. The number of hydrogen-bond acceptors (Lipinski definition) is 6. The molecule has 0 bridgehead atoms. The third-order valence-electron chi connectivity index (χ3n) is 5.00. The predicted octanol–water partition coefficient (Wildman–Crippen LogP) is 3.82. The van der Waals surface area contributed by atoms with Crippen LogP contribution >= 0.6 is 0 Å². The van der Waals surface area contributed by atoms with Gasteiger partial charge in [0.1, 0.15) is 5.82 Å². The molecule has 1 amide bonds. The lowest BCUT2D eigenvalue weighted by molar-refractivity contribution is -0.116. The summed E-state index contributed by atoms with van der Waals surface area (Å²) in [6.45, 7) is 10.1. The SMILES string of the molecule is COc1cc(/C=C/C(=O)NCc2ccc(N3CC(C)OC(C)C3)nc2)ccc1OC(C)C. The molecule has 2 heterocycles. The maximum Gasteiger partial charge on any atom is 0.244 e. The van der Waals surface area contributed by atoms with Crippen LogP contribution in [0.5, 0.6) is 11.5 Å². The van der Waals surface area contributed by atoms with Crippen LogP contribution in [0.15, 0.2) is 42.6 Å². The van der Waals surface area contributed by atoms with E-state index in [0.29, 0.717) is 18.0 Å². The first-order chi connectivity index (χ1) is 15.3. The molecular weight excluding hydrogens is 406 g/mol. The zero-order chi connectivity index (χ0) is 23.1. The van der Waals surface area contributed by atoms with Crippen LogP contribution in [-0.2, 0) is 16.1 Å². The van der Waals surface area contributed by atoms with Crippen molar-refractivity contribution in [3.63, 3.8) is 0 Å². The highest BCUT2D eigenvalue weighted by atomic mass is 16.5. The zero-order valence-electron chi connectivity index (χ0n) is 19.5. The van der Waals surface area contributed by atoms with Crippen LogP contribution in [0, 0.1) is 0 Å². The number of pyridine rings is 1. The minimum atomic E-state index is -0.175. The molecule has 0 aliphatic carbocycles. The summed E-state index contributed by atoms with van der Waals surface area (Å²) in [4.78, 5) is 19.0. The van der Waals surface area contributed by atoms with E-state index in [-0.39, 0.29) is 24.2 Å². The molecule has 0 saturated carbocycles. The normalized spacial score (nSPS) is 18.8. The van der Waals surface area contributed by atoms with Crippen molar-refractivity contribution in [3.8, 4) is 11.5 Å². The quantitative estimate of drug-likeness (QED) is 0.631. The Morgan fingerprint density at radius 1 is 1.22 bits per heavy atom. The molecule has 0 spiro atoms. The molecule has 32 heavy (non-hydrogen) atoms. The highest BCUT2D eigenvalue weighted by Crippen LogP contribution is 2.29. The van der Waals surface area contributed by atoms with Gasteiger partial charge in [-0.05, 0) is 63.1 Å². The number of hydrogen-bond donors (Lipinski definition) is 1. The minimum Gasteiger partial charge on any atom is -0.493 e. The van der Waals surface area contributed by atoms with Gasteiger partial charge in [-0.25, -0.2) is 4.98 Å². The van der Waals surface area contributed by atoms with Crippen LogP contribution in [0.2, 0.25) is 0 Å². The fourth-order valence-electron chi connectivity index (χ4n) is 3.63. The topological polar surface area (TPSA) is 72.9 Å². The summed E-state index contributed by atoms with van der Waals surface area (Å²) >= 11 is 0. The van der Waals surface area contributed by atoms with Gasteiger partial charge in [0.05, 0.1) is 25.4 Å². The second kappa shape index (κ2) is 11.0. The molecule has 1 aliphatic rings. The van der Waals surface area contributed by atoms with Crippen molar-refractivity contribution in [2.24, 2.45) is 0 Å². The first-order valence-electron chi connectivity index (χ1n) is 11.0. The number of carbonyl (C=O) groups excluding carboxylic acids is 1. The molecule has 1 fully saturated rings. The van der Waals surface area contributed by atoms with E-state index in [2.05, 4.69) is 29.0 Å². The molecule has 1 aromatic carbocycles. The summed E-state index contributed by atoms with van der Waals surface area (Å²) in [6.07, 6.45) is 5.49. The number of carbonyl (C=O) groups is 1. The van der Waals surface area contributed by atoms with Gasteiger partial charge in [-0.3, -0.25) is 4.79 Å². The molecule has 2 atom stereocenters. The predicted molar refractivity (Wildman–Crippen MR) is 126 cm³/mol. The van der Waals surface area contributed by atoms with Crippen LogP contribution in [-0.4, -0.2) is 49.4 Å². The fraction of sp³-hybridized carbons (Fsp3) is 0.440. The standard InChI is InChI=1S/C25H33N3O4/c1-17(2)31-22-9-6-20(12-23(22)30-5)8-11-25(29)27-14-21-7-10-24(26-13-21)28-15-18(3)32-19(4)16-28/h6-13,17-19H,14-16H2,1-5H3,(H,27,29)/b11-8+. The number of rotatable bonds is 8. The second-order valence-corrected chi connectivity index (χ2v) is 8.31. The molecular formula is C25H33N3O4. The summed E-state index contributed by atoms with van der Waals surface area (Å²) in [5, 5.41) is 2.89. The Morgan fingerprint density at radius 2 is 1.97 bits per heavy atom. The molecule has 172 valence electrons. The van der Waals surface area contributed by atoms with Gasteiger partial charge in [-0.15, -0.1) is 0 Å². The lowest BCUT2D eigenvalue weighted by Gasteiger charge is -2.36. The highest BCUT2D eigenvalue weighted by Gasteiger charge is 2.22. The first-order valence-corrected chi connectivity index (χ1v) is 11.0. The molecule has 7 nitrogen and oxygen atoms in total. The number of morpholine rings is 1. The van der Waals surface area contributed by atoms with Gasteiger partial charge in [-0.1, -0.05) is 12.1 Å². The van der Waals surface area contributed by atoms with E-state index in [0.717, 1.165) is 30.0 Å². The fourth-order valence-corrected chi connectivity index (χ4v) is 3.63. The molecule has 2 unspecified atom stereocenters. The van der Waals surface area contributed by atoms with E-state index < -0.39 is 0 Å². The number of benzene rings is 1. The Labute approximate surface area is 190 Å². The minimum absolute atomic E-state index is 0.0561. The molecule has 7 heteroatoms. The van der Waals surface area contributed by atoms with Gasteiger partial charge in [0.25, 0.3) is 0 Å². The number of nitrogens with one attached hydrogen (secondary N) is 1. The Balaban J connectivity index is 1.53. The lowest BCUT2D eigenvalue weighted by Crippen LogP contribution is -2.45. The van der Waals surface area contributed by atoms with Crippen LogP contribution in [0.1, 0.15) is 38.8 Å². The van der Waals surface area contributed by atoms with Gasteiger partial charge in [0.15, 0.2) is 11.5 Å². The number of aromatic nitrogens is 1. The lowest BCUT2D eigenvalue weighted by atomic mass is 10.2. The van der Waals surface area contributed by atoms with Crippen LogP contribution < -0.4 is 19.7 Å². The largest absolute Gasteiger partial charge is 0.493 e. The van der Waals surface area contributed by atoms with Crippen LogP contribution in [0.3, 0.4) is 0 Å². The van der Waals surface area contributed by atoms with Crippen molar-refractivity contribution in [1.82, 2.24) is 10.3 Å². The van der Waals surface area contributed by atoms with E-state index in [1.807, 2.05) is 50.4 Å². The maximum atomic E-state index is 12.2. The summed E-state index contributed by atoms with van der Waals surface area (Å²) in [5.74, 6) is 2.07. The molecule has 3 rings (SSSR count). The van der Waals surface area contributed by atoms with Crippen molar-refractivity contribution in [3.05, 3.63) is 53.7 Å². The van der Waals surface area contributed by atoms with Crippen LogP contribution in [0.4, 0.5) is 5.82 Å². The summed E-state index contributed by atoms with van der Waals surface area (Å²) in [7, 11) is 1.60. The third-order valence-corrected chi connectivity index (χ3v) is 5.00. The molecule has 2 aromatic rings. The number of ether oxygens (including phenoxy) is 3. The second-order valence-electron chi connectivity index (χ2n) is 8.31. The molecule has 1 saturated heterocycles. The van der Waals surface area contributed by atoms with Gasteiger partial charge in [-0.2, -0.15) is 0 Å². The van der Waals surface area contributed by atoms with E-state index in [9.17, 15) is 4.79 Å². The van der Waals surface area contributed by atoms with E-state index in [4.69, 9.17) is 14.2 Å². The van der Waals surface area contributed by atoms with Crippen LogP contribution in [0.25, 0.3) is 6.08 Å². The Kier molecular flexibility index (Phi) is 8.11. The van der Waals surface area contributed by atoms with Crippen molar-refractivity contribution in [2.75, 3.05) is 25.1 Å². The van der Waals surface area contributed by atoms with Gasteiger partial charge in [0, 0.05) is 31.9 Å². The number of nitrogens with zero attached hydrogens (tertiary/aromatic N) is 2. The third kappa shape index (κ3) is 6.72. The zero-order valence-corrected chi connectivity index (χ0v) is 19.5.